The van der Waals surface area contributed by atoms with Crippen molar-refractivity contribution in [3.8, 4) is 5.75 Å². The number of rotatable bonds is 4. The van der Waals surface area contributed by atoms with Crippen LogP contribution < -0.4 is 10.1 Å². The van der Waals surface area contributed by atoms with Crippen LogP contribution in [0.5, 0.6) is 5.75 Å². The molecule has 0 fully saturated rings. The molecule has 1 aromatic carbocycles. The Morgan fingerprint density at radius 1 is 1.35 bits per heavy atom. The Morgan fingerprint density at radius 2 is 2.06 bits per heavy atom. The molecule has 1 atom stereocenters. The lowest BCUT2D eigenvalue weighted by Crippen LogP contribution is -2.19. The number of hydrogen-bond acceptors (Lipinski definition) is 2. The predicted molar refractivity (Wildman–Crippen MR) is 68.4 cm³/mol. The first-order valence-corrected chi connectivity index (χ1v) is 6.20. The van der Waals surface area contributed by atoms with E-state index < -0.39 is 0 Å². The quantitative estimate of drug-likeness (QED) is 0.867. The Hall–Kier alpha value is -1.51. The molecule has 1 aliphatic heterocycles. The molecule has 1 heterocycles. The molecule has 2 rings (SSSR count). The van der Waals surface area contributed by atoms with Crippen molar-refractivity contribution in [2.45, 2.75) is 32.6 Å². The molecule has 1 amide bonds. The second kappa shape index (κ2) is 4.78. The lowest BCUT2D eigenvalue weighted by Gasteiger charge is -2.19. The lowest BCUT2D eigenvalue weighted by molar-refractivity contribution is -0.118. The molecular formula is C14H19NO2. The Kier molecular flexibility index (Phi) is 3.36. The van der Waals surface area contributed by atoms with Crippen molar-refractivity contribution in [3.05, 3.63) is 23.8 Å². The molecule has 1 N–H and O–H groups in total. The van der Waals surface area contributed by atoms with E-state index >= 15 is 0 Å². The minimum atomic E-state index is -0.0184. The van der Waals surface area contributed by atoms with Gasteiger partial charge in [0.25, 0.3) is 0 Å². The van der Waals surface area contributed by atoms with E-state index in [1.165, 1.54) is 0 Å². The summed E-state index contributed by atoms with van der Waals surface area (Å²) in [6.07, 6.45) is 2.04. The van der Waals surface area contributed by atoms with Crippen molar-refractivity contribution in [1.29, 1.82) is 0 Å². The molecule has 1 aliphatic rings. The minimum Gasteiger partial charge on any atom is -0.495 e. The maximum atomic E-state index is 12.1. The number of nitrogens with one attached hydrogen (secondary N) is 1. The van der Waals surface area contributed by atoms with Gasteiger partial charge in [-0.2, -0.15) is 0 Å². The normalized spacial score (nSPS) is 18.1. The SMILES string of the molecule is CCC(CC)C1C(=O)Nc2c(OC)cccc21. The van der Waals surface area contributed by atoms with E-state index in [0.29, 0.717) is 5.92 Å². The first kappa shape index (κ1) is 12.0. The molecule has 0 saturated heterocycles. The average molecular weight is 233 g/mol. The summed E-state index contributed by atoms with van der Waals surface area (Å²) in [5.41, 5.74) is 1.94. The molecule has 0 radical (unpaired) electrons. The van der Waals surface area contributed by atoms with Gasteiger partial charge in [0, 0.05) is 0 Å². The molecule has 0 aliphatic carbocycles. The van der Waals surface area contributed by atoms with Gasteiger partial charge in [0.05, 0.1) is 18.7 Å². The van der Waals surface area contributed by atoms with E-state index in [0.717, 1.165) is 29.8 Å². The maximum absolute atomic E-state index is 12.1. The second-order valence-corrected chi connectivity index (χ2v) is 4.47. The van der Waals surface area contributed by atoms with Gasteiger partial charge in [0.15, 0.2) is 0 Å². The van der Waals surface area contributed by atoms with Gasteiger partial charge in [-0.15, -0.1) is 0 Å². The third-order valence-corrected chi connectivity index (χ3v) is 3.66. The number of benzene rings is 1. The van der Waals surface area contributed by atoms with Gasteiger partial charge in [-0.25, -0.2) is 0 Å². The average Bonchev–Trinajstić information content (AvgIpc) is 2.68. The summed E-state index contributed by atoms with van der Waals surface area (Å²) >= 11 is 0. The van der Waals surface area contributed by atoms with Crippen molar-refractivity contribution in [2.75, 3.05) is 12.4 Å². The van der Waals surface area contributed by atoms with Crippen molar-refractivity contribution < 1.29 is 9.53 Å². The standard InChI is InChI=1S/C14H19NO2/c1-4-9(5-2)12-10-7-6-8-11(17-3)13(10)15-14(12)16/h6-9,12H,4-5H2,1-3H3,(H,15,16). The minimum absolute atomic E-state index is 0.0184. The number of carbonyl (C=O) groups excluding carboxylic acids is 1. The maximum Gasteiger partial charge on any atom is 0.232 e. The van der Waals surface area contributed by atoms with Crippen LogP contribution in [0.4, 0.5) is 5.69 Å². The zero-order valence-corrected chi connectivity index (χ0v) is 10.6. The number of hydrogen-bond donors (Lipinski definition) is 1. The molecule has 3 heteroatoms. The fourth-order valence-electron chi connectivity index (χ4n) is 2.68. The van der Waals surface area contributed by atoms with E-state index in [4.69, 9.17) is 4.74 Å². The summed E-state index contributed by atoms with van der Waals surface area (Å²) in [7, 11) is 1.63. The monoisotopic (exact) mass is 233 g/mol. The third kappa shape index (κ3) is 1.90. The van der Waals surface area contributed by atoms with Crippen LogP contribution in [0.25, 0.3) is 0 Å². The zero-order chi connectivity index (χ0) is 12.4. The van der Waals surface area contributed by atoms with E-state index in [-0.39, 0.29) is 11.8 Å². The number of anilines is 1. The van der Waals surface area contributed by atoms with Gasteiger partial charge in [-0.3, -0.25) is 4.79 Å². The van der Waals surface area contributed by atoms with Crippen LogP contribution in [-0.4, -0.2) is 13.0 Å². The second-order valence-electron chi connectivity index (χ2n) is 4.47. The van der Waals surface area contributed by atoms with Gasteiger partial charge in [-0.1, -0.05) is 38.8 Å². The number of carbonyl (C=O) groups is 1. The number of para-hydroxylation sites is 1. The molecule has 0 aromatic heterocycles. The van der Waals surface area contributed by atoms with Crippen LogP contribution in [0, 0.1) is 5.92 Å². The fraction of sp³-hybridized carbons (Fsp3) is 0.500. The number of methoxy groups -OCH3 is 1. The molecule has 92 valence electrons. The first-order valence-electron chi connectivity index (χ1n) is 6.20. The highest BCUT2D eigenvalue weighted by atomic mass is 16.5. The Balaban J connectivity index is 2.44. The number of amides is 1. The predicted octanol–water partition coefficient (Wildman–Crippen LogP) is 3.17. The smallest absolute Gasteiger partial charge is 0.232 e. The Labute approximate surface area is 102 Å². The van der Waals surface area contributed by atoms with Gasteiger partial charge >= 0.3 is 0 Å². The van der Waals surface area contributed by atoms with Gasteiger partial charge in [-0.05, 0) is 17.5 Å². The molecule has 0 bridgehead atoms. The summed E-state index contributed by atoms with van der Waals surface area (Å²) in [6, 6.07) is 5.86. The molecule has 17 heavy (non-hydrogen) atoms. The summed E-state index contributed by atoms with van der Waals surface area (Å²) in [5, 5.41) is 2.95. The van der Waals surface area contributed by atoms with Crippen LogP contribution in [0.15, 0.2) is 18.2 Å². The topological polar surface area (TPSA) is 38.3 Å². The van der Waals surface area contributed by atoms with Crippen molar-refractivity contribution in [2.24, 2.45) is 5.92 Å². The van der Waals surface area contributed by atoms with Gasteiger partial charge < -0.3 is 10.1 Å². The van der Waals surface area contributed by atoms with E-state index in [2.05, 4.69) is 19.2 Å². The van der Waals surface area contributed by atoms with Crippen molar-refractivity contribution >= 4 is 11.6 Å². The summed E-state index contributed by atoms with van der Waals surface area (Å²) in [5.74, 6) is 1.25. The number of fused-ring (bicyclic) bond motifs is 1. The molecule has 1 aromatic rings. The molecule has 0 spiro atoms. The molecular weight excluding hydrogens is 214 g/mol. The fourth-order valence-corrected chi connectivity index (χ4v) is 2.68. The van der Waals surface area contributed by atoms with Crippen LogP contribution in [-0.2, 0) is 4.79 Å². The van der Waals surface area contributed by atoms with Crippen molar-refractivity contribution in [1.82, 2.24) is 0 Å². The highest BCUT2D eigenvalue weighted by Gasteiger charge is 2.36. The zero-order valence-electron chi connectivity index (χ0n) is 10.6. The third-order valence-electron chi connectivity index (χ3n) is 3.66. The van der Waals surface area contributed by atoms with E-state index in [1.807, 2.05) is 18.2 Å². The summed E-state index contributed by atoms with van der Waals surface area (Å²) in [4.78, 5) is 12.1. The van der Waals surface area contributed by atoms with E-state index in [9.17, 15) is 4.79 Å². The first-order chi connectivity index (χ1) is 8.22. The van der Waals surface area contributed by atoms with Crippen LogP contribution >= 0.6 is 0 Å². The summed E-state index contributed by atoms with van der Waals surface area (Å²) < 4.78 is 5.29. The number of ether oxygens (including phenoxy) is 1. The highest BCUT2D eigenvalue weighted by Crippen LogP contribution is 2.44. The molecule has 0 saturated carbocycles. The van der Waals surface area contributed by atoms with Crippen molar-refractivity contribution in [3.63, 3.8) is 0 Å². The molecule has 1 unspecified atom stereocenters. The Morgan fingerprint density at radius 3 is 2.65 bits per heavy atom. The van der Waals surface area contributed by atoms with E-state index in [1.54, 1.807) is 7.11 Å². The largest absolute Gasteiger partial charge is 0.495 e. The van der Waals surface area contributed by atoms with Crippen LogP contribution in [0.1, 0.15) is 38.2 Å². The van der Waals surface area contributed by atoms with Gasteiger partial charge in [0.2, 0.25) is 5.91 Å². The summed E-state index contributed by atoms with van der Waals surface area (Å²) in [6.45, 7) is 4.28. The van der Waals surface area contributed by atoms with Gasteiger partial charge in [0.1, 0.15) is 5.75 Å². The Bertz CT molecular complexity index is 424. The van der Waals surface area contributed by atoms with Crippen LogP contribution in [0.2, 0.25) is 0 Å². The molecule has 3 nitrogen and oxygen atoms in total. The highest BCUT2D eigenvalue weighted by molar-refractivity contribution is 6.04. The lowest BCUT2D eigenvalue weighted by atomic mass is 9.83. The van der Waals surface area contributed by atoms with Crippen LogP contribution in [0.3, 0.4) is 0 Å².